The van der Waals surface area contributed by atoms with E-state index >= 15 is 0 Å². The predicted octanol–water partition coefficient (Wildman–Crippen LogP) is 2.26. The standard InChI is InChI=1S/C14H17N3O2/c1-10-8-13(17-16-10)15-14(18)11(2)19-9-12-6-4-3-5-7-12/h3-8,11H,9H2,1-2H3,(H2,15,16,17,18). The molecule has 0 radical (unpaired) electrons. The fourth-order valence-electron chi connectivity index (χ4n) is 1.58. The smallest absolute Gasteiger partial charge is 0.254 e. The minimum atomic E-state index is -0.530. The molecule has 1 unspecified atom stereocenters. The molecule has 0 fully saturated rings. The summed E-state index contributed by atoms with van der Waals surface area (Å²) in [6.45, 7) is 4.00. The maximum absolute atomic E-state index is 11.9. The Bertz CT molecular complexity index is 537. The number of hydrogen-bond donors (Lipinski definition) is 2. The molecule has 1 amide bonds. The quantitative estimate of drug-likeness (QED) is 0.865. The SMILES string of the molecule is Cc1cc(NC(=O)C(C)OCc2ccccc2)n[nH]1. The Morgan fingerprint density at radius 3 is 2.79 bits per heavy atom. The molecule has 5 heteroatoms. The van der Waals surface area contributed by atoms with E-state index in [-0.39, 0.29) is 5.91 Å². The van der Waals surface area contributed by atoms with Crippen molar-refractivity contribution in [1.29, 1.82) is 0 Å². The normalized spacial score (nSPS) is 12.1. The van der Waals surface area contributed by atoms with Crippen molar-refractivity contribution in [3.05, 3.63) is 47.7 Å². The number of nitrogens with one attached hydrogen (secondary N) is 2. The highest BCUT2D eigenvalue weighted by Crippen LogP contribution is 2.07. The van der Waals surface area contributed by atoms with Gasteiger partial charge in [0, 0.05) is 11.8 Å². The summed E-state index contributed by atoms with van der Waals surface area (Å²) in [5, 5.41) is 9.40. The predicted molar refractivity (Wildman–Crippen MR) is 72.6 cm³/mol. The number of anilines is 1. The Kier molecular flexibility index (Phi) is 4.30. The van der Waals surface area contributed by atoms with E-state index in [1.807, 2.05) is 37.3 Å². The van der Waals surface area contributed by atoms with Gasteiger partial charge in [0.05, 0.1) is 6.61 Å². The minimum absolute atomic E-state index is 0.206. The van der Waals surface area contributed by atoms with Gasteiger partial charge in [-0.2, -0.15) is 5.10 Å². The molecule has 0 aliphatic rings. The van der Waals surface area contributed by atoms with Crippen LogP contribution in [0.3, 0.4) is 0 Å². The maximum Gasteiger partial charge on any atom is 0.254 e. The topological polar surface area (TPSA) is 67.0 Å². The summed E-state index contributed by atoms with van der Waals surface area (Å²) in [6, 6.07) is 11.5. The summed E-state index contributed by atoms with van der Waals surface area (Å²) in [5.74, 6) is 0.306. The lowest BCUT2D eigenvalue weighted by molar-refractivity contribution is -0.127. The van der Waals surface area contributed by atoms with E-state index in [0.29, 0.717) is 12.4 Å². The number of carbonyl (C=O) groups excluding carboxylic acids is 1. The third kappa shape index (κ3) is 3.93. The van der Waals surface area contributed by atoms with Crippen molar-refractivity contribution in [2.45, 2.75) is 26.6 Å². The van der Waals surface area contributed by atoms with Crippen LogP contribution in [0.1, 0.15) is 18.2 Å². The molecule has 0 saturated heterocycles. The van der Waals surface area contributed by atoms with Crippen molar-refractivity contribution in [2.75, 3.05) is 5.32 Å². The lowest BCUT2D eigenvalue weighted by Crippen LogP contribution is -2.27. The second-order valence-electron chi connectivity index (χ2n) is 4.36. The molecule has 19 heavy (non-hydrogen) atoms. The van der Waals surface area contributed by atoms with Crippen molar-refractivity contribution in [2.24, 2.45) is 0 Å². The molecule has 1 heterocycles. The van der Waals surface area contributed by atoms with E-state index in [4.69, 9.17) is 4.74 Å². The Labute approximate surface area is 112 Å². The van der Waals surface area contributed by atoms with E-state index in [2.05, 4.69) is 15.5 Å². The van der Waals surface area contributed by atoms with Crippen LogP contribution >= 0.6 is 0 Å². The summed E-state index contributed by atoms with van der Waals surface area (Å²) >= 11 is 0. The number of nitrogens with zero attached hydrogens (tertiary/aromatic N) is 1. The Morgan fingerprint density at radius 1 is 1.42 bits per heavy atom. The molecule has 2 rings (SSSR count). The van der Waals surface area contributed by atoms with Gasteiger partial charge in [0.1, 0.15) is 6.10 Å². The van der Waals surface area contributed by atoms with Gasteiger partial charge in [-0.1, -0.05) is 30.3 Å². The first-order valence-corrected chi connectivity index (χ1v) is 6.13. The van der Waals surface area contributed by atoms with Gasteiger partial charge in [-0.25, -0.2) is 0 Å². The van der Waals surface area contributed by atoms with Gasteiger partial charge in [-0.15, -0.1) is 0 Å². The average Bonchev–Trinajstić information content (AvgIpc) is 2.82. The number of aryl methyl sites for hydroxylation is 1. The third-order valence-electron chi connectivity index (χ3n) is 2.67. The number of aromatic nitrogens is 2. The monoisotopic (exact) mass is 259 g/mol. The van der Waals surface area contributed by atoms with Gasteiger partial charge in [0.25, 0.3) is 5.91 Å². The number of rotatable bonds is 5. The highest BCUT2D eigenvalue weighted by atomic mass is 16.5. The number of hydrogen-bond acceptors (Lipinski definition) is 3. The van der Waals surface area contributed by atoms with Crippen LogP contribution in [0.25, 0.3) is 0 Å². The zero-order valence-corrected chi connectivity index (χ0v) is 11.0. The number of H-pyrrole nitrogens is 1. The van der Waals surface area contributed by atoms with Crippen LogP contribution < -0.4 is 5.32 Å². The molecule has 2 N–H and O–H groups in total. The first kappa shape index (κ1) is 13.3. The third-order valence-corrected chi connectivity index (χ3v) is 2.67. The molecule has 1 aromatic carbocycles. The largest absolute Gasteiger partial charge is 0.364 e. The van der Waals surface area contributed by atoms with Crippen LogP contribution in [0.4, 0.5) is 5.82 Å². The van der Waals surface area contributed by atoms with E-state index in [9.17, 15) is 4.79 Å². The van der Waals surface area contributed by atoms with Gasteiger partial charge >= 0.3 is 0 Å². The van der Waals surface area contributed by atoms with Crippen molar-refractivity contribution >= 4 is 11.7 Å². The highest BCUT2D eigenvalue weighted by Gasteiger charge is 2.14. The Balaban J connectivity index is 1.82. The van der Waals surface area contributed by atoms with Gasteiger partial charge in [0.2, 0.25) is 0 Å². The molecule has 5 nitrogen and oxygen atoms in total. The lowest BCUT2D eigenvalue weighted by atomic mass is 10.2. The van der Waals surface area contributed by atoms with Crippen molar-refractivity contribution in [3.8, 4) is 0 Å². The Hall–Kier alpha value is -2.14. The fourth-order valence-corrected chi connectivity index (χ4v) is 1.58. The van der Waals surface area contributed by atoms with Crippen LogP contribution in [0.2, 0.25) is 0 Å². The lowest BCUT2D eigenvalue weighted by Gasteiger charge is -2.12. The van der Waals surface area contributed by atoms with Gasteiger partial charge in [-0.05, 0) is 19.4 Å². The first-order valence-electron chi connectivity index (χ1n) is 6.13. The second-order valence-corrected chi connectivity index (χ2v) is 4.36. The number of carbonyl (C=O) groups is 1. The van der Waals surface area contributed by atoms with E-state index in [0.717, 1.165) is 11.3 Å². The summed E-state index contributed by atoms with van der Waals surface area (Å²) < 4.78 is 5.52. The number of ether oxygens (including phenoxy) is 1. The molecule has 100 valence electrons. The fraction of sp³-hybridized carbons (Fsp3) is 0.286. The van der Waals surface area contributed by atoms with Crippen LogP contribution in [0.15, 0.2) is 36.4 Å². The van der Waals surface area contributed by atoms with Crippen LogP contribution in [0.5, 0.6) is 0 Å². The van der Waals surface area contributed by atoms with Crippen molar-refractivity contribution < 1.29 is 9.53 Å². The van der Waals surface area contributed by atoms with Crippen LogP contribution in [-0.4, -0.2) is 22.2 Å². The molecule has 0 spiro atoms. The number of amides is 1. The molecular weight excluding hydrogens is 242 g/mol. The summed E-state index contributed by atoms with van der Waals surface area (Å²) in [6.07, 6.45) is -0.530. The van der Waals surface area contributed by atoms with E-state index in [1.54, 1.807) is 13.0 Å². The molecule has 1 aromatic heterocycles. The van der Waals surface area contributed by atoms with Gasteiger partial charge < -0.3 is 10.1 Å². The van der Waals surface area contributed by atoms with Gasteiger partial charge in [-0.3, -0.25) is 9.89 Å². The molecule has 0 saturated carbocycles. The molecular formula is C14H17N3O2. The second kappa shape index (κ2) is 6.15. The van der Waals surface area contributed by atoms with Crippen molar-refractivity contribution in [3.63, 3.8) is 0 Å². The van der Waals surface area contributed by atoms with E-state index in [1.165, 1.54) is 0 Å². The molecule has 0 bridgehead atoms. The molecule has 1 atom stereocenters. The Morgan fingerprint density at radius 2 is 2.16 bits per heavy atom. The van der Waals surface area contributed by atoms with Crippen molar-refractivity contribution in [1.82, 2.24) is 10.2 Å². The maximum atomic E-state index is 11.9. The van der Waals surface area contributed by atoms with Gasteiger partial charge in [0.15, 0.2) is 5.82 Å². The molecule has 0 aliphatic carbocycles. The zero-order valence-electron chi connectivity index (χ0n) is 11.0. The van der Waals surface area contributed by atoms with Crippen LogP contribution in [0, 0.1) is 6.92 Å². The number of benzene rings is 1. The highest BCUT2D eigenvalue weighted by molar-refractivity contribution is 5.93. The zero-order chi connectivity index (χ0) is 13.7. The summed E-state index contributed by atoms with van der Waals surface area (Å²) in [5.41, 5.74) is 1.94. The first-order chi connectivity index (χ1) is 9.15. The summed E-state index contributed by atoms with van der Waals surface area (Å²) in [7, 11) is 0. The molecule has 2 aromatic rings. The van der Waals surface area contributed by atoms with E-state index < -0.39 is 6.10 Å². The van der Waals surface area contributed by atoms with Crippen LogP contribution in [-0.2, 0) is 16.1 Å². The summed E-state index contributed by atoms with van der Waals surface area (Å²) in [4.78, 5) is 11.9. The molecule has 0 aliphatic heterocycles. The minimum Gasteiger partial charge on any atom is -0.364 e. The average molecular weight is 259 g/mol. The number of aromatic amines is 1.